The highest BCUT2D eigenvalue weighted by Gasteiger charge is 2.23. The Kier molecular flexibility index (Phi) is 3.21. The molecular weight excluding hydrogens is 244 g/mol. The number of carbonyl (C=O) groups is 1. The number of pyridine rings is 1. The average Bonchev–Trinajstić information content (AvgIpc) is 3.03. The first-order valence-electron chi connectivity index (χ1n) is 6.46. The molecular formula is C14H16N2O3. The Morgan fingerprint density at radius 2 is 2.47 bits per heavy atom. The molecule has 1 aliphatic heterocycles. The van der Waals surface area contributed by atoms with Crippen LogP contribution in [-0.4, -0.2) is 34.2 Å². The topological polar surface area (TPSA) is 52.8 Å². The zero-order valence-corrected chi connectivity index (χ0v) is 10.8. The fourth-order valence-electron chi connectivity index (χ4n) is 2.31. The molecule has 0 bridgehead atoms. The minimum atomic E-state index is -0.313. The van der Waals surface area contributed by atoms with Crippen LogP contribution in [0.1, 0.15) is 30.1 Å². The van der Waals surface area contributed by atoms with Crippen molar-refractivity contribution in [3.8, 4) is 0 Å². The normalized spacial score (nSPS) is 22.8. The van der Waals surface area contributed by atoms with Crippen molar-refractivity contribution in [1.82, 2.24) is 9.38 Å². The highest BCUT2D eigenvalue weighted by Crippen LogP contribution is 2.19. The molecule has 0 spiro atoms. The molecule has 0 aromatic carbocycles. The van der Waals surface area contributed by atoms with Crippen molar-refractivity contribution in [3.63, 3.8) is 0 Å². The van der Waals surface area contributed by atoms with E-state index in [-0.39, 0.29) is 18.2 Å². The van der Waals surface area contributed by atoms with E-state index in [1.807, 2.05) is 11.3 Å². The van der Waals surface area contributed by atoms with Gasteiger partial charge in [-0.1, -0.05) is 0 Å². The monoisotopic (exact) mass is 260 g/mol. The van der Waals surface area contributed by atoms with Gasteiger partial charge in [0.2, 0.25) is 0 Å². The van der Waals surface area contributed by atoms with Crippen LogP contribution in [0.4, 0.5) is 0 Å². The number of rotatable bonds is 3. The first-order valence-corrected chi connectivity index (χ1v) is 6.46. The molecule has 2 aromatic heterocycles. The zero-order valence-electron chi connectivity index (χ0n) is 10.8. The molecule has 0 aliphatic carbocycles. The number of esters is 1. The first kappa shape index (κ1) is 12.2. The van der Waals surface area contributed by atoms with Gasteiger partial charge in [-0.15, -0.1) is 0 Å². The summed E-state index contributed by atoms with van der Waals surface area (Å²) in [5, 5.41) is 0. The largest absolute Gasteiger partial charge is 0.459 e. The fourth-order valence-corrected chi connectivity index (χ4v) is 2.31. The van der Waals surface area contributed by atoms with E-state index >= 15 is 0 Å². The van der Waals surface area contributed by atoms with Gasteiger partial charge in [0, 0.05) is 6.20 Å². The maximum Gasteiger partial charge on any atom is 0.338 e. The van der Waals surface area contributed by atoms with Crippen LogP contribution in [0.25, 0.3) is 5.52 Å². The molecule has 2 atom stereocenters. The molecule has 0 radical (unpaired) electrons. The maximum absolute atomic E-state index is 11.9. The molecule has 3 heterocycles. The van der Waals surface area contributed by atoms with Crippen molar-refractivity contribution in [2.45, 2.75) is 32.0 Å². The second kappa shape index (κ2) is 5.01. The van der Waals surface area contributed by atoms with Crippen molar-refractivity contribution in [2.75, 3.05) is 6.61 Å². The predicted octanol–water partition coefficient (Wildman–Crippen LogP) is 2.06. The lowest BCUT2D eigenvalue weighted by atomic mass is 10.2. The number of nitrogens with zero attached hydrogens (tertiary/aromatic N) is 2. The van der Waals surface area contributed by atoms with E-state index in [1.54, 1.807) is 30.9 Å². The molecule has 1 aliphatic rings. The van der Waals surface area contributed by atoms with Crippen molar-refractivity contribution in [3.05, 3.63) is 36.4 Å². The van der Waals surface area contributed by atoms with Gasteiger partial charge in [0.15, 0.2) is 0 Å². The molecule has 1 saturated heterocycles. The number of carbonyl (C=O) groups excluding carboxylic acids is 1. The van der Waals surface area contributed by atoms with E-state index in [9.17, 15) is 4.79 Å². The Labute approximate surface area is 111 Å². The van der Waals surface area contributed by atoms with Crippen LogP contribution in [0.15, 0.2) is 30.9 Å². The maximum atomic E-state index is 11.9. The third kappa shape index (κ3) is 2.61. The van der Waals surface area contributed by atoms with Crippen LogP contribution in [0.3, 0.4) is 0 Å². The summed E-state index contributed by atoms with van der Waals surface area (Å²) in [6.07, 6.45) is 7.49. The lowest BCUT2D eigenvalue weighted by Crippen LogP contribution is -2.19. The number of hydrogen-bond acceptors (Lipinski definition) is 4. The summed E-state index contributed by atoms with van der Waals surface area (Å²) in [5.41, 5.74) is 1.42. The van der Waals surface area contributed by atoms with E-state index in [0.29, 0.717) is 12.2 Å². The first-order chi connectivity index (χ1) is 9.22. The molecule has 0 N–H and O–H groups in total. The Morgan fingerprint density at radius 3 is 3.26 bits per heavy atom. The van der Waals surface area contributed by atoms with Crippen LogP contribution >= 0.6 is 0 Å². The SMILES string of the molecule is C[C@@H]1CC[C@H](COC(=O)c2ccn3cncc3c2)O1. The number of hydrogen-bond donors (Lipinski definition) is 0. The standard InChI is InChI=1S/C14H16N2O3/c1-10-2-3-13(19-10)8-18-14(17)11-4-5-16-9-15-7-12(16)6-11/h4-7,9-10,13H,2-3,8H2,1H3/t10-,13-/m1/s1. The quantitative estimate of drug-likeness (QED) is 0.793. The van der Waals surface area contributed by atoms with E-state index in [2.05, 4.69) is 4.98 Å². The average molecular weight is 260 g/mol. The summed E-state index contributed by atoms with van der Waals surface area (Å²) >= 11 is 0. The number of ether oxygens (including phenoxy) is 2. The summed E-state index contributed by atoms with van der Waals surface area (Å²) in [4.78, 5) is 16.0. The molecule has 100 valence electrons. The van der Waals surface area contributed by atoms with E-state index in [0.717, 1.165) is 18.4 Å². The molecule has 19 heavy (non-hydrogen) atoms. The van der Waals surface area contributed by atoms with Gasteiger partial charge < -0.3 is 13.9 Å². The Balaban J connectivity index is 1.63. The molecule has 5 nitrogen and oxygen atoms in total. The molecule has 3 rings (SSSR count). The van der Waals surface area contributed by atoms with Gasteiger partial charge in [0.1, 0.15) is 6.61 Å². The fraction of sp³-hybridized carbons (Fsp3) is 0.429. The number of fused-ring (bicyclic) bond motifs is 1. The van der Waals surface area contributed by atoms with Crippen molar-refractivity contribution < 1.29 is 14.3 Å². The molecule has 0 amide bonds. The minimum Gasteiger partial charge on any atom is -0.459 e. The molecule has 5 heteroatoms. The Morgan fingerprint density at radius 1 is 1.58 bits per heavy atom. The second-order valence-corrected chi connectivity index (χ2v) is 4.89. The van der Waals surface area contributed by atoms with E-state index in [1.165, 1.54) is 0 Å². The third-order valence-electron chi connectivity index (χ3n) is 3.37. The Hall–Kier alpha value is -1.88. The van der Waals surface area contributed by atoms with Gasteiger partial charge in [0.25, 0.3) is 0 Å². The summed E-state index contributed by atoms with van der Waals surface area (Å²) in [6.45, 7) is 2.36. The minimum absolute atomic E-state index is 0.0395. The van der Waals surface area contributed by atoms with Gasteiger partial charge >= 0.3 is 5.97 Å². The molecule has 1 fully saturated rings. The van der Waals surface area contributed by atoms with Crippen molar-refractivity contribution in [1.29, 1.82) is 0 Å². The van der Waals surface area contributed by atoms with Crippen LogP contribution in [0, 0.1) is 0 Å². The van der Waals surface area contributed by atoms with Gasteiger partial charge in [-0.05, 0) is 31.9 Å². The molecule has 2 aromatic rings. The van der Waals surface area contributed by atoms with Gasteiger partial charge in [-0.2, -0.15) is 0 Å². The van der Waals surface area contributed by atoms with Crippen molar-refractivity contribution >= 4 is 11.5 Å². The van der Waals surface area contributed by atoms with Crippen LogP contribution in [0.5, 0.6) is 0 Å². The lowest BCUT2D eigenvalue weighted by molar-refractivity contribution is -0.00265. The van der Waals surface area contributed by atoms with Crippen LogP contribution in [0.2, 0.25) is 0 Å². The van der Waals surface area contributed by atoms with Crippen LogP contribution < -0.4 is 0 Å². The summed E-state index contributed by atoms with van der Waals surface area (Å²) in [6, 6.07) is 3.50. The highest BCUT2D eigenvalue weighted by atomic mass is 16.6. The van der Waals surface area contributed by atoms with Gasteiger partial charge in [0.05, 0.1) is 35.8 Å². The molecule has 0 unspecified atom stereocenters. The van der Waals surface area contributed by atoms with E-state index < -0.39 is 0 Å². The molecule has 0 saturated carbocycles. The lowest BCUT2D eigenvalue weighted by Gasteiger charge is -2.11. The third-order valence-corrected chi connectivity index (χ3v) is 3.37. The smallest absolute Gasteiger partial charge is 0.338 e. The van der Waals surface area contributed by atoms with Gasteiger partial charge in [-0.3, -0.25) is 0 Å². The number of aromatic nitrogens is 2. The van der Waals surface area contributed by atoms with Gasteiger partial charge in [-0.25, -0.2) is 9.78 Å². The van der Waals surface area contributed by atoms with Crippen LogP contribution in [-0.2, 0) is 9.47 Å². The zero-order chi connectivity index (χ0) is 13.2. The highest BCUT2D eigenvalue weighted by molar-refractivity contribution is 5.90. The summed E-state index contributed by atoms with van der Waals surface area (Å²) in [5.74, 6) is -0.313. The summed E-state index contributed by atoms with van der Waals surface area (Å²) in [7, 11) is 0. The van der Waals surface area contributed by atoms with E-state index in [4.69, 9.17) is 9.47 Å². The van der Waals surface area contributed by atoms with Crippen molar-refractivity contribution in [2.24, 2.45) is 0 Å². The Bertz CT molecular complexity index is 593. The predicted molar refractivity (Wildman–Crippen MR) is 69.0 cm³/mol. The summed E-state index contributed by atoms with van der Waals surface area (Å²) < 4.78 is 12.8. The second-order valence-electron chi connectivity index (χ2n) is 4.89. The number of imidazole rings is 1.